The van der Waals surface area contributed by atoms with Crippen LogP contribution in [0.3, 0.4) is 0 Å². The quantitative estimate of drug-likeness (QED) is 0.405. The summed E-state index contributed by atoms with van der Waals surface area (Å²) in [6, 6.07) is 21.5. The molecule has 3 heteroatoms. The lowest BCUT2D eigenvalue weighted by Gasteiger charge is -2.40. The fourth-order valence-electron chi connectivity index (χ4n) is 4.13. The Morgan fingerprint density at radius 2 is 1.53 bits per heavy atom. The summed E-state index contributed by atoms with van der Waals surface area (Å²) in [7, 11) is 0. The fraction of sp³-hybridized carbons (Fsp3) is 0.519. The molecule has 0 amide bonds. The van der Waals surface area contributed by atoms with Crippen LogP contribution in [0.25, 0.3) is 0 Å². The van der Waals surface area contributed by atoms with Crippen LogP contribution >= 0.6 is 0 Å². The molecule has 0 saturated carbocycles. The molecule has 30 heavy (non-hydrogen) atoms. The predicted octanol–water partition coefficient (Wildman–Crippen LogP) is 6.79. The molecular formula is C27H39NO2. The van der Waals surface area contributed by atoms with Crippen molar-refractivity contribution in [3.8, 4) is 0 Å². The lowest BCUT2D eigenvalue weighted by Crippen LogP contribution is -2.46. The molecule has 0 N–H and O–H groups in total. The fourth-order valence-corrected chi connectivity index (χ4v) is 4.13. The lowest BCUT2D eigenvalue weighted by molar-refractivity contribution is -0.163. The number of hydrogen-bond donors (Lipinski definition) is 0. The van der Waals surface area contributed by atoms with E-state index in [1.54, 1.807) is 0 Å². The molecule has 2 rings (SSSR count). The third-order valence-electron chi connectivity index (χ3n) is 5.61. The summed E-state index contributed by atoms with van der Waals surface area (Å²) >= 11 is 0. The van der Waals surface area contributed by atoms with Crippen LogP contribution in [-0.4, -0.2) is 22.5 Å². The molecule has 2 aromatic carbocycles. The summed E-state index contributed by atoms with van der Waals surface area (Å²) in [5.74, 6) is -0.235. The number of rotatable bonds is 10. The maximum absolute atomic E-state index is 13.2. The minimum atomic E-state index is -0.476. The zero-order valence-corrected chi connectivity index (χ0v) is 19.6. The van der Waals surface area contributed by atoms with E-state index in [0.29, 0.717) is 0 Å². The van der Waals surface area contributed by atoms with Gasteiger partial charge in [0.25, 0.3) is 0 Å². The molecule has 164 valence electrons. The van der Waals surface area contributed by atoms with Crippen molar-refractivity contribution in [1.29, 1.82) is 0 Å². The van der Waals surface area contributed by atoms with Crippen LogP contribution in [0, 0.1) is 5.92 Å². The molecule has 0 radical (unpaired) electrons. The number of carbonyl (C=O) groups excluding carboxylic acids is 1. The van der Waals surface area contributed by atoms with Crippen molar-refractivity contribution in [1.82, 2.24) is 4.90 Å². The monoisotopic (exact) mass is 409 g/mol. The standard InChI is InChI=1S/C27H39NO2/c1-7-15-25(24(8-2)26(29)30-27(4,5)6)28(20-22-16-11-9-12-17-22)21(3)23-18-13-10-14-19-23/h9-14,16-19,21,24-25H,7-8,15,20H2,1-6H3/t21-,24+,25-/m1/s1. The van der Waals surface area contributed by atoms with E-state index in [1.165, 1.54) is 11.1 Å². The van der Waals surface area contributed by atoms with Gasteiger partial charge in [0.2, 0.25) is 0 Å². The van der Waals surface area contributed by atoms with Crippen molar-refractivity contribution in [2.24, 2.45) is 5.92 Å². The molecule has 0 aliphatic rings. The van der Waals surface area contributed by atoms with Crippen molar-refractivity contribution in [2.45, 2.75) is 85.0 Å². The van der Waals surface area contributed by atoms with Crippen molar-refractivity contribution in [2.75, 3.05) is 0 Å². The topological polar surface area (TPSA) is 29.5 Å². The van der Waals surface area contributed by atoms with Crippen LogP contribution in [0.15, 0.2) is 60.7 Å². The lowest BCUT2D eigenvalue weighted by atomic mass is 9.89. The maximum atomic E-state index is 13.2. The van der Waals surface area contributed by atoms with E-state index >= 15 is 0 Å². The molecule has 3 atom stereocenters. The number of ether oxygens (including phenoxy) is 1. The van der Waals surface area contributed by atoms with Crippen LogP contribution in [0.5, 0.6) is 0 Å². The number of nitrogens with zero attached hydrogens (tertiary/aromatic N) is 1. The van der Waals surface area contributed by atoms with Gasteiger partial charge in [-0.1, -0.05) is 80.9 Å². The zero-order valence-electron chi connectivity index (χ0n) is 19.6. The molecule has 0 saturated heterocycles. The van der Waals surface area contributed by atoms with Crippen molar-refractivity contribution < 1.29 is 9.53 Å². The summed E-state index contributed by atoms with van der Waals surface area (Å²) in [5.41, 5.74) is 2.06. The molecule has 3 nitrogen and oxygen atoms in total. The summed E-state index contributed by atoms with van der Waals surface area (Å²) in [4.78, 5) is 15.7. The Balaban J connectivity index is 2.42. The van der Waals surface area contributed by atoms with Gasteiger partial charge in [0.15, 0.2) is 0 Å². The highest BCUT2D eigenvalue weighted by Crippen LogP contribution is 2.32. The minimum absolute atomic E-state index is 0.0817. The first-order chi connectivity index (χ1) is 14.3. The van der Waals surface area contributed by atoms with E-state index in [0.717, 1.165) is 25.8 Å². The van der Waals surface area contributed by atoms with Crippen LogP contribution < -0.4 is 0 Å². The van der Waals surface area contributed by atoms with Gasteiger partial charge >= 0.3 is 5.97 Å². The molecule has 0 unspecified atom stereocenters. The first-order valence-electron chi connectivity index (χ1n) is 11.3. The van der Waals surface area contributed by atoms with Gasteiger partial charge in [-0.15, -0.1) is 0 Å². The molecule has 2 aromatic rings. The molecule has 0 bridgehead atoms. The van der Waals surface area contributed by atoms with Crippen LogP contribution in [0.2, 0.25) is 0 Å². The Hall–Kier alpha value is -2.13. The van der Waals surface area contributed by atoms with Gasteiger partial charge < -0.3 is 4.74 Å². The molecule has 0 fully saturated rings. The van der Waals surface area contributed by atoms with Crippen LogP contribution in [-0.2, 0) is 16.1 Å². The van der Waals surface area contributed by atoms with Gasteiger partial charge in [0, 0.05) is 18.6 Å². The largest absolute Gasteiger partial charge is 0.460 e. The molecular weight excluding hydrogens is 370 g/mol. The minimum Gasteiger partial charge on any atom is -0.460 e. The first-order valence-corrected chi connectivity index (χ1v) is 11.3. The Labute approximate surface area is 183 Å². The summed E-state index contributed by atoms with van der Waals surface area (Å²) < 4.78 is 5.84. The number of benzene rings is 2. The van der Waals surface area contributed by atoms with Crippen molar-refractivity contribution >= 4 is 5.97 Å². The zero-order chi connectivity index (χ0) is 22.1. The Kier molecular flexibility index (Phi) is 9.10. The average Bonchev–Trinajstić information content (AvgIpc) is 2.71. The Morgan fingerprint density at radius 3 is 2.03 bits per heavy atom. The van der Waals surface area contributed by atoms with E-state index < -0.39 is 5.60 Å². The van der Waals surface area contributed by atoms with E-state index in [4.69, 9.17) is 4.74 Å². The van der Waals surface area contributed by atoms with Gasteiger partial charge in [-0.3, -0.25) is 9.69 Å². The number of hydrogen-bond acceptors (Lipinski definition) is 3. The van der Waals surface area contributed by atoms with E-state index in [-0.39, 0.29) is 24.0 Å². The third kappa shape index (κ3) is 6.98. The predicted molar refractivity (Wildman–Crippen MR) is 125 cm³/mol. The highest BCUT2D eigenvalue weighted by molar-refractivity contribution is 5.73. The Bertz CT molecular complexity index is 751. The first kappa shape index (κ1) is 24.1. The highest BCUT2D eigenvalue weighted by Gasteiger charge is 2.36. The van der Waals surface area contributed by atoms with E-state index in [1.807, 2.05) is 26.8 Å². The average molecular weight is 410 g/mol. The smallest absolute Gasteiger partial charge is 0.311 e. The summed E-state index contributed by atoms with van der Waals surface area (Å²) in [6.45, 7) is 13.2. The normalized spacial score (nSPS) is 14.9. The molecule has 0 heterocycles. The molecule has 0 aromatic heterocycles. The second-order valence-corrected chi connectivity index (χ2v) is 9.15. The number of esters is 1. The summed E-state index contributed by atoms with van der Waals surface area (Å²) in [6.07, 6.45) is 2.75. The highest BCUT2D eigenvalue weighted by atomic mass is 16.6. The van der Waals surface area contributed by atoms with E-state index in [2.05, 4.69) is 80.3 Å². The third-order valence-corrected chi connectivity index (χ3v) is 5.61. The number of carbonyl (C=O) groups is 1. The SMILES string of the molecule is CCC[C@H]([C@H](CC)C(=O)OC(C)(C)C)N(Cc1ccccc1)[C@H](C)c1ccccc1. The second-order valence-electron chi connectivity index (χ2n) is 9.15. The molecule has 0 spiro atoms. The second kappa shape index (κ2) is 11.3. The Morgan fingerprint density at radius 1 is 0.967 bits per heavy atom. The van der Waals surface area contributed by atoms with E-state index in [9.17, 15) is 4.79 Å². The van der Waals surface area contributed by atoms with Gasteiger partial charge in [-0.2, -0.15) is 0 Å². The van der Waals surface area contributed by atoms with Crippen LogP contribution in [0.4, 0.5) is 0 Å². The summed E-state index contributed by atoms with van der Waals surface area (Å²) in [5, 5.41) is 0. The molecule has 0 aliphatic carbocycles. The van der Waals surface area contributed by atoms with Gasteiger partial charge in [0.1, 0.15) is 5.60 Å². The molecule has 0 aliphatic heterocycles. The van der Waals surface area contributed by atoms with Gasteiger partial charge in [0.05, 0.1) is 5.92 Å². The van der Waals surface area contributed by atoms with Crippen molar-refractivity contribution in [3.63, 3.8) is 0 Å². The van der Waals surface area contributed by atoms with Gasteiger partial charge in [-0.05, 0) is 51.7 Å². The van der Waals surface area contributed by atoms with Crippen LogP contribution in [0.1, 0.15) is 78.0 Å². The maximum Gasteiger partial charge on any atom is 0.311 e. The van der Waals surface area contributed by atoms with Gasteiger partial charge in [-0.25, -0.2) is 0 Å². The van der Waals surface area contributed by atoms with Crippen molar-refractivity contribution in [3.05, 3.63) is 71.8 Å².